The Labute approximate surface area is 174 Å². The van der Waals surface area contributed by atoms with Crippen LogP contribution in [0.25, 0.3) is 0 Å². The van der Waals surface area contributed by atoms with Crippen molar-refractivity contribution in [1.82, 2.24) is 15.2 Å². The van der Waals surface area contributed by atoms with Crippen LogP contribution in [0.2, 0.25) is 0 Å². The zero-order chi connectivity index (χ0) is 17.8. The largest absolute Gasteiger partial charge is 0.363 e. The van der Waals surface area contributed by atoms with Crippen LogP contribution in [0.1, 0.15) is 34.5 Å². The minimum atomic E-state index is 0. The fraction of sp³-hybridized carbons (Fsp3) is 0.400. The third-order valence-corrected chi connectivity index (χ3v) is 4.73. The molecule has 1 atom stereocenters. The van der Waals surface area contributed by atoms with Crippen molar-refractivity contribution in [3.63, 3.8) is 0 Å². The van der Waals surface area contributed by atoms with Gasteiger partial charge < -0.3 is 15.1 Å². The zero-order valence-corrected chi connectivity index (χ0v) is 17.6. The maximum absolute atomic E-state index is 13.1. The molecule has 0 bridgehead atoms. The summed E-state index contributed by atoms with van der Waals surface area (Å²) in [6.45, 7) is 4.46. The summed E-state index contributed by atoms with van der Waals surface area (Å²) in [5.41, 5.74) is 3.19. The molecular formula is C20H28Cl2N4O. The van der Waals surface area contributed by atoms with E-state index >= 15 is 0 Å². The van der Waals surface area contributed by atoms with E-state index < -0.39 is 0 Å². The molecule has 1 aromatic carbocycles. The number of nitrogens with one attached hydrogen (secondary N) is 1. The molecule has 2 heterocycles. The predicted molar refractivity (Wildman–Crippen MR) is 116 cm³/mol. The Morgan fingerprint density at radius 1 is 1.22 bits per heavy atom. The van der Waals surface area contributed by atoms with Crippen molar-refractivity contribution in [3.8, 4) is 0 Å². The lowest BCUT2D eigenvalue weighted by Gasteiger charge is -2.36. The first kappa shape index (κ1) is 23.2. The number of hydrogen-bond donors (Lipinski definition) is 1. The van der Waals surface area contributed by atoms with E-state index in [1.807, 2.05) is 30.0 Å². The van der Waals surface area contributed by atoms with Crippen molar-refractivity contribution in [1.29, 1.82) is 0 Å². The van der Waals surface area contributed by atoms with Crippen LogP contribution in [0.3, 0.4) is 0 Å². The summed E-state index contributed by atoms with van der Waals surface area (Å²) in [7, 11) is 3.86. The first-order valence-corrected chi connectivity index (χ1v) is 8.84. The number of rotatable bonds is 4. The summed E-state index contributed by atoms with van der Waals surface area (Å²) < 4.78 is 0. The van der Waals surface area contributed by atoms with Crippen LogP contribution < -0.4 is 10.2 Å². The predicted octanol–water partition coefficient (Wildman–Crippen LogP) is 3.34. The first-order valence-electron chi connectivity index (χ1n) is 8.84. The van der Waals surface area contributed by atoms with Gasteiger partial charge in [-0.2, -0.15) is 0 Å². The maximum Gasteiger partial charge on any atom is 0.254 e. The van der Waals surface area contributed by atoms with E-state index in [9.17, 15) is 4.79 Å². The molecule has 1 unspecified atom stereocenters. The third kappa shape index (κ3) is 5.34. The second kappa shape index (κ2) is 10.5. The Morgan fingerprint density at radius 3 is 2.56 bits per heavy atom. The summed E-state index contributed by atoms with van der Waals surface area (Å²) in [5, 5.41) is 3.41. The lowest BCUT2D eigenvalue weighted by atomic mass is 10.00. The van der Waals surface area contributed by atoms with Crippen molar-refractivity contribution in [2.75, 3.05) is 38.6 Å². The molecule has 0 aliphatic carbocycles. The van der Waals surface area contributed by atoms with Gasteiger partial charge in [0.05, 0.1) is 6.04 Å². The molecule has 0 saturated carbocycles. The number of aromatic nitrogens is 1. The highest BCUT2D eigenvalue weighted by molar-refractivity contribution is 5.95. The van der Waals surface area contributed by atoms with Gasteiger partial charge in [-0.1, -0.05) is 31.2 Å². The van der Waals surface area contributed by atoms with Crippen LogP contribution in [0.4, 0.5) is 5.82 Å². The van der Waals surface area contributed by atoms with Crippen LogP contribution in [0.15, 0.2) is 42.6 Å². The van der Waals surface area contributed by atoms with Crippen LogP contribution in [-0.2, 0) is 6.42 Å². The Balaban J connectivity index is 0.00000182. The number of hydrogen-bond acceptors (Lipinski definition) is 4. The Kier molecular flexibility index (Phi) is 9.03. The molecule has 27 heavy (non-hydrogen) atoms. The molecule has 1 fully saturated rings. The molecule has 0 spiro atoms. The van der Waals surface area contributed by atoms with E-state index in [4.69, 9.17) is 0 Å². The molecule has 1 aromatic heterocycles. The average molecular weight is 411 g/mol. The third-order valence-electron chi connectivity index (χ3n) is 4.73. The summed E-state index contributed by atoms with van der Waals surface area (Å²) in [6, 6.07) is 12.3. The molecule has 7 heteroatoms. The molecule has 148 valence electrons. The number of halogens is 2. The average Bonchev–Trinajstić information content (AvgIpc) is 2.67. The lowest BCUT2D eigenvalue weighted by molar-refractivity contribution is 0.0634. The van der Waals surface area contributed by atoms with Crippen molar-refractivity contribution in [2.24, 2.45) is 0 Å². The monoisotopic (exact) mass is 410 g/mol. The van der Waals surface area contributed by atoms with Gasteiger partial charge in [0.1, 0.15) is 5.82 Å². The highest BCUT2D eigenvalue weighted by Gasteiger charge is 2.28. The van der Waals surface area contributed by atoms with Crippen LogP contribution >= 0.6 is 24.8 Å². The molecule has 1 N–H and O–H groups in total. The van der Waals surface area contributed by atoms with Gasteiger partial charge in [0, 0.05) is 45.5 Å². The Morgan fingerprint density at radius 2 is 1.93 bits per heavy atom. The summed E-state index contributed by atoms with van der Waals surface area (Å²) in [6.07, 6.45) is 2.73. The molecule has 1 amide bonds. The van der Waals surface area contributed by atoms with Gasteiger partial charge in [-0.25, -0.2) is 4.98 Å². The second-order valence-corrected chi connectivity index (χ2v) is 6.61. The van der Waals surface area contributed by atoms with Crippen molar-refractivity contribution in [3.05, 3.63) is 59.3 Å². The smallest absolute Gasteiger partial charge is 0.254 e. The van der Waals surface area contributed by atoms with E-state index in [0.717, 1.165) is 25.3 Å². The summed E-state index contributed by atoms with van der Waals surface area (Å²) >= 11 is 0. The molecular weight excluding hydrogens is 383 g/mol. The Bertz CT molecular complexity index is 737. The minimum Gasteiger partial charge on any atom is -0.363 e. The number of piperazine rings is 1. The number of carbonyl (C=O) groups is 1. The Hall–Kier alpha value is -1.82. The normalized spacial score (nSPS) is 16.1. The van der Waals surface area contributed by atoms with Crippen molar-refractivity contribution < 1.29 is 4.79 Å². The first-order chi connectivity index (χ1) is 12.1. The fourth-order valence-electron chi connectivity index (χ4n) is 3.18. The molecule has 3 rings (SSSR count). The molecule has 0 radical (unpaired) electrons. The molecule has 1 aliphatic heterocycles. The summed E-state index contributed by atoms with van der Waals surface area (Å²) in [4.78, 5) is 21.3. The summed E-state index contributed by atoms with van der Waals surface area (Å²) in [5.74, 6) is 0.862. The number of amides is 1. The quantitative estimate of drug-likeness (QED) is 0.839. The number of aryl methyl sites for hydroxylation is 1. The number of nitrogens with zero attached hydrogens (tertiary/aromatic N) is 3. The van der Waals surface area contributed by atoms with Gasteiger partial charge in [-0.3, -0.25) is 4.79 Å². The van der Waals surface area contributed by atoms with Gasteiger partial charge in [0.15, 0.2) is 0 Å². The highest BCUT2D eigenvalue weighted by Crippen LogP contribution is 2.25. The topological polar surface area (TPSA) is 48.5 Å². The van der Waals surface area contributed by atoms with Gasteiger partial charge >= 0.3 is 0 Å². The lowest BCUT2D eigenvalue weighted by Crippen LogP contribution is -2.48. The van der Waals surface area contributed by atoms with Gasteiger partial charge in [0.2, 0.25) is 0 Å². The van der Waals surface area contributed by atoms with E-state index in [-0.39, 0.29) is 36.8 Å². The van der Waals surface area contributed by atoms with Crippen LogP contribution in [0, 0.1) is 0 Å². The number of pyridine rings is 1. The molecule has 1 saturated heterocycles. The van der Waals surface area contributed by atoms with Gasteiger partial charge in [-0.05, 0) is 29.7 Å². The molecule has 1 aliphatic rings. The van der Waals surface area contributed by atoms with Gasteiger partial charge in [0.25, 0.3) is 5.91 Å². The minimum absolute atomic E-state index is 0. The van der Waals surface area contributed by atoms with Crippen molar-refractivity contribution >= 4 is 36.5 Å². The highest BCUT2D eigenvalue weighted by atomic mass is 35.5. The maximum atomic E-state index is 13.1. The van der Waals surface area contributed by atoms with E-state index in [0.29, 0.717) is 12.1 Å². The number of anilines is 1. The van der Waals surface area contributed by atoms with Gasteiger partial charge in [-0.15, -0.1) is 24.8 Å². The van der Waals surface area contributed by atoms with Crippen LogP contribution in [0.5, 0.6) is 0 Å². The van der Waals surface area contributed by atoms with E-state index in [1.54, 1.807) is 12.3 Å². The number of carbonyl (C=O) groups excluding carboxylic acids is 1. The molecule has 5 nitrogen and oxygen atoms in total. The zero-order valence-electron chi connectivity index (χ0n) is 16.0. The standard InChI is InChI=1S/C20H26N4O.2ClH/c1-4-15-5-7-16(8-6-15)18-14-21-11-12-24(18)20(25)17-9-10-22-19(13-17)23(2)3;;/h5-10,13,18,21H,4,11-12,14H2,1-3H3;2*1H. The number of benzene rings is 1. The fourth-order valence-corrected chi connectivity index (χ4v) is 3.18. The van der Waals surface area contributed by atoms with Crippen LogP contribution in [-0.4, -0.2) is 49.5 Å². The molecule has 2 aromatic rings. The SMILES string of the molecule is CCc1ccc(C2CNCCN2C(=O)c2ccnc(N(C)C)c2)cc1.Cl.Cl. The van der Waals surface area contributed by atoms with Crippen molar-refractivity contribution in [2.45, 2.75) is 19.4 Å². The van der Waals surface area contributed by atoms with E-state index in [1.165, 1.54) is 11.1 Å². The van der Waals surface area contributed by atoms with E-state index in [2.05, 4.69) is 41.5 Å². The second-order valence-electron chi connectivity index (χ2n) is 6.61.